The van der Waals surface area contributed by atoms with Gasteiger partial charge in [0.15, 0.2) is 0 Å². The summed E-state index contributed by atoms with van der Waals surface area (Å²) in [6.45, 7) is 5.17. The van der Waals surface area contributed by atoms with Gasteiger partial charge in [-0.2, -0.15) is 0 Å². The minimum absolute atomic E-state index is 0.0000852. The first-order valence-electron chi connectivity index (χ1n) is 12.0. The number of amides is 1. The van der Waals surface area contributed by atoms with Crippen LogP contribution in [0.2, 0.25) is 5.02 Å². The van der Waals surface area contributed by atoms with Gasteiger partial charge >= 0.3 is 0 Å². The third kappa shape index (κ3) is 6.10. The van der Waals surface area contributed by atoms with Crippen LogP contribution in [0.4, 0.5) is 15.8 Å². The SMILES string of the molecule is C#Cc1ccc(NC(=C)c2cc(Cl)ccc2NC(=O)c2ccc(C(=N)N3CCC(C=O)CC3)cc2F)cc1. The zero-order valence-electron chi connectivity index (χ0n) is 20.6. The predicted molar refractivity (Wildman–Crippen MR) is 150 cm³/mol. The summed E-state index contributed by atoms with van der Waals surface area (Å²) in [5.41, 5.74) is 3.08. The summed E-state index contributed by atoms with van der Waals surface area (Å²) < 4.78 is 15.0. The van der Waals surface area contributed by atoms with E-state index in [2.05, 4.69) is 23.1 Å². The zero-order chi connectivity index (χ0) is 27.2. The third-order valence-electron chi connectivity index (χ3n) is 6.44. The molecule has 1 saturated heterocycles. The molecule has 0 aliphatic carbocycles. The number of amidine groups is 1. The summed E-state index contributed by atoms with van der Waals surface area (Å²) in [6, 6.07) is 16.2. The van der Waals surface area contributed by atoms with E-state index in [1.165, 1.54) is 12.1 Å². The number of anilines is 2. The Balaban J connectivity index is 1.49. The normalized spacial score (nSPS) is 13.3. The van der Waals surface area contributed by atoms with Gasteiger partial charge in [0.2, 0.25) is 0 Å². The summed E-state index contributed by atoms with van der Waals surface area (Å²) in [5, 5.41) is 14.8. The fourth-order valence-electron chi connectivity index (χ4n) is 4.24. The van der Waals surface area contributed by atoms with Gasteiger partial charge in [0.25, 0.3) is 5.91 Å². The molecule has 3 aromatic carbocycles. The molecule has 0 bridgehead atoms. The van der Waals surface area contributed by atoms with Crippen molar-refractivity contribution < 1.29 is 14.0 Å². The van der Waals surface area contributed by atoms with Crippen LogP contribution in [0.25, 0.3) is 5.70 Å². The van der Waals surface area contributed by atoms with Crippen molar-refractivity contribution in [3.8, 4) is 12.3 Å². The van der Waals surface area contributed by atoms with Crippen LogP contribution in [0.15, 0.2) is 67.2 Å². The zero-order valence-corrected chi connectivity index (χ0v) is 21.3. The fourth-order valence-corrected chi connectivity index (χ4v) is 4.42. The van der Waals surface area contributed by atoms with Gasteiger partial charge in [-0.15, -0.1) is 6.42 Å². The second-order valence-electron chi connectivity index (χ2n) is 8.97. The topological polar surface area (TPSA) is 85.3 Å². The van der Waals surface area contributed by atoms with Crippen molar-refractivity contribution in [3.63, 3.8) is 0 Å². The number of benzene rings is 3. The van der Waals surface area contributed by atoms with Gasteiger partial charge in [0.1, 0.15) is 17.9 Å². The molecule has 192 valence electrons. The monoisotopic (exact) mass is 528 g/mol. The second-order valence-corrected chi connectivity index (χ2v) is 9.41. The summed E-state index contributed by atoms with van der Waals surface area (Å²) in [4.78, 5) is 25.8. The van der Waals surface area contributed by atoms with Gasteiger partial charge < -0.3 is 20.3 Å². The molecule has 1 aliphatic rings. The van der Waals surface area contributed by atoms with Crippen LogP contribution in [0.3, 0.4) is 0 Å². The highest BCUT2D eigenvalue weighted by Gasteiger charge is 2.23. The molecule has 0 saturated carbocycles. The van der Waals surface area contributed by atoms with Crippen LogP contribution in [0.5, 0.6) is 0 Å². The molecule has 8 heteroatoms. The number of terminal acetylenes is 1. The maximum absolute atomic E-state index is 15.0. The molecule has 0 radical (unpaired) electrons. The highest BCUT2D eigenvalue weighted by atomic mass is 35.5. The fraction of sp³-hybridized carbons (Fsp3) is 0.167. The van der Waals surface area contributed by atoms with E-state index in [4.69, 9.17) is 23.4 Å². The molecule has 0 aromatic heterocycles. The van der Waals surface area contributed by atoms with E-state index < -0.39 is 11.7 Å². The predicted octanol–water partition coefficient (Wildman–Crippen LogP) is 6.03. The number of halogens is 2. The van der Waals surface area contributed by atoms with Crippen LogP contribution in [0, 0.1) is 29.5 Å². The lowest BCUT2D eigenvalue weighted by Crippen LogP contribution is -2.38. The lowest BCUT2D eigenvalue weighted by Gasteiger charge is -2.31. The molecule has 0 spiro atoms. The number of carbonyl (C=O) groups excluding carboxylic acids is 2. The second kappa shape index (κ2) is 11.8. The summed E-state index contributed by atoms with van der Waals surface area (Å²) in [7, 11) is 0. The molecule has 1 fully saturated rings. The van der Waals surface area contributed by atoms with Gasteiger partial charge in [0, 0.05) is 52.1 Å². The molecule has 1 heterocycles. The average molecular weight is 529 g/mol. The van der Waals surface area contributed by atoms with E-state index in [1.807, 2.05) is 17.0 Å². The van der Waals surface area contributed by atoms with Crippen LogP contribution in [-0.2, 0) is 4.79 Å². The Kier molecular flexibility index (Phi) is 8.25. The van der Waals surface area contributed by atoms with Crippen LogP contribution < -0.4 is 10.6 Å². The minimum atomic E-state index is -0.742. The number of nitrogens with one attached hydrogen (secondary N) is 3. The van der Waals surface area contributed by atoms with E-state index in [-0.39, 0.29) is 17.3 Å². The first-order chi connectivity index (χ1) is 18.3. The molecule has 1 amide bonds. The number of hydrogen-bond donors (Lipinski definition) is 3. The molecular formula is C30H26ClFN4O2. The number of likely N-dealkylation sites (tertiary alicyclic amines) is 1. The lowest BCUT2D eigenvalue weighted by molar-refractivity contribution is -0.112. The highest BCUT2D eigenvalue weighted by molar-refractivity contribution is 6.31. The molecule has 4 rings (SSSR count). The number of hydrogen-bond acceptors (Lipinski definition) is 4. The van der Waals surface area contributed by atoms with Gasteiger partial charge in [-0.05, 0) is 67.4 Å². The Morgan fingerprint density at radius 1 is 1.08 bits per heavy atom. The molecule has 0 unspecified atom stereocenters. The smallest absolute Gasteiger partial charge is 0.258 e. The number of carbonyl (C=O) groups is 2. The molecular weight excluding hydrogens is 503 g/mol. The Morgan fingerprint density at radius 2 is 1.79 bits per heavy atom. The Bertz CT molecular complexity index is 1440. The number of piperidine rings is 1. The lowest BCUT2D eigenvalue weighted by atomic mass is 9.97. The van der Waals surface area contributed by atoms with Gasteiger partial charge in [0.05, 0.1) is 11.3 Å². The van der Waals surface area contributed by atoms with Crippen LogP contribution in [0.1, 0.15) is 39.9 Å². The third-order valence-corrected chi connectivity index (χ3v) is 6.67. The van der Waals surface area contributed by atoms with Crippen molar-refractivity contribution in [2.24, 2.45) is 5.92 Å². The van der Waals surface area contributed by atoms with E-state index in [1.54, 1.807) is 36.4 Å². The van der Waals surface area contributed by atoms with Crippen LogP contribution >= 0.6 is 11.6 Å². The number of rotatable bonds is 7. The molecule has 0 atom stereocenters. The standard InChI is InChI=1S/C30H26ClFN4O2/c1-3-20-4-8-24(9-5-20)34-19(2)26-17-23(31)7-11-28(26)35-30(38)25-10-6-22(16-27(25)32)29(33)36-14-12-21(18-37)13-15-36/h1,4-11,16-18,21,33-34H,2,12-15H2,(H,35,38). The van der Waals surface area contributed by atoms with Gasteiger partial charge in [-0.25, -0.2) is 4.39 Å². The largest absolute Gasteiger partial charge is 0.357 e. The van der Waals surface area contributed by atoms with Crippen molar-refractivity contribution in [3.05, 3.63) is 100 Å². The Labute approximate surface area is 226 Å². The molecule has 3 N–H and O–H groups in total. The quantitative estimate of drug-likeness (QED) is 0.151. The first kappa shape index (κ1) is 26.6. The summed E-state index contributed by atoms with van der Waals surface area (Å²) in [5.74, 6) is 1.33. The maximum Gasteiger partial charge on any atom is 0.258 e. The molecule has 38 heavy (non-hydrogen) atoms. The Morgan fingerprint density at radius 3 is 2.42 bits per heavy atom. The van der Waals surface area contributed by atoms with Crippen LogP contribution in [-0.4, -0.2) is 36.0 Å². The van der Waals surface area contributed by atoms with Crippen molar-refractivity contribution in [2.45, 2.75) is 12.8 Å². The van der Waals surface area contributed by atoms with E-state index in [9.17, 15) is 9.59 Å². The van der Waals surface area contributed by atoms with E-state index in [0.29, 0.717) is 53.5 Å². The first-order valence-corrected chi connectivity index (χ1v) is 12.4. The molecule has 1 aliphatic heterocycles. The summed E-state index contributed by atoms with van der Waals surface area (Å²) >= 11 is 6.20. The van der Waals surface area contributed by atoms with Gasteiger partial charge in [-0.3, -0.25) is 10.2 Å². The highest BCUT2D eigenvalue weighted by Crippen LogP contribution is 2.29. The van der Waals surface area contributed by atoms with E-state index in [0.717, 1.165) is 17.5 Å². The minimum Gasteiger partial charge on any atom is -0.357 e. The average Bonchev–Trinajstić information content (AvgIpc) is 2.93. The Hall–Kier alpha value is -4.41. The summed E-state index contributed by atoms with van der Waals surface area (Å²) in [6.07, 6.45) is 7.68. The van der Waals surface area contributed by atoms with Crippen molar-refractivity contribution in [1.29, 1.82) is 5.41 Å². The van der Waals surface area contributed by atoms with E-state index >= 15 is 4.39 Å². The number of aldehydes is 1. The van der Waals surface area contributed by atoms with Crippen molar-refractivity contribution in [1.82, 2.24) is 4.90 Å². The maximum atomic E-state index is 15.0. The van der Waals surface area contributed by atoms with Gasteiger partial charge in [-0.1, -0.05) is 30.2 Å². The van der Waals surface area contributed by atoms with Crippen molar-refractivity contribution in [2.75, 3.05) is 23.7 Å². The number of nitrogens with zero attached hydrogens (tertiary/aromatic N) is 1. The molecule has 3 aromatic rings. The molecule has 6 nitrogen and oxygen atoms in total. The van der Waals surface area contributed by atoms with Crippen molar-refractivity contribution >= 4 is 46.7 Å².